The number of amides is 2. The van der Waals surface area contributed by atoms with E-state index in [1.807, 2.05) is 18.2 Å². The van der Waals surface area contributed by atoms with Gasteiger partial charge in [0.1, 0.15) is 12.2 Å². The van der Waals surface area contributed by atoms with Crippen LogP contribution in [0.15, 0.2) is 53.3 Å². The fraction of sp³-hybridized carbons (Fsp3) is 0.304. The van der Waals surface area contributed by atoms with Crippen LogP contribution in [0, 0.1) is 0 Å². The van der Waals surface area contributed by atoms with Crippen molar-refractivity contribution in [2.45, 2.75) is 26.4 Å². The zero-order valence-corrected chi connectivity index (χ0v) is 18.2. The third-order valence-corrected chi connectivity index (χ3v) is 4.26. The number of H-pyrrole nitrogens is 1. The first-order chi connectivity index (χ1) is 15.2. The highest BCUT2D eigenvalue weighted by Gasteiger charge is 2.15. The van der Waals surface area contributed by atoms with E-state index in [0.717, 1.165) is 10.9 Å². The number of nitrogens with zero attached hydrogens (tertiary/aromatic N) is 1. The molecule has 0 spiro atoms. The van der Waals surface area contributed by atoms with Crippen LogP contribution in [0.1, 0.15) is 20.8 Å². The van der Waals surface area contributed by atoms with Gasteiger partial charge in [-0.2, -0.15) is 5.10 Å². The molecule has 0 aliphatic carbocycles. The zero-order chi connectivity index (χ0) is 23.1. The molecule has 32 heavy (non-hydrogen) atoms. The minimum Gasteiger partial charge on any atom is -0.444 e. The third kappa shape index (κ3) is 6.39. The second kappa shape index (κ2) is 10.1. The summed E-state index contributed by atoms with van der Waals surface area (Å²) in [5.41, 5.74) is 1.10. The van der Waals surface area contributed by atoms with E-state index in [-0.39, 0.29) is 31.2 Å². The van der Waals surface area contributed by atoms with Crippen molar-refractivity contribution in [3.63, 3.8) is 0 Å². The zero-order valence-electron chi connectivity index (χ0n) is 18.2. The molecule has 0 aliphatic rings. The SMILES string of the molecule is CC(C)(C)OC(=O)NCCOCC(=O)Nc1cccc(-c2n[nH]c(=O)c3ccccc23)c1. The first-order valence-electron chi connectivity index (χ1n) is 10.2. The van der Waals surface area contributed by atoms with Crippen LogP contribution >= 0.6 is 0 Å². The predicted molar refractivity (Wildman–Crippen MR) is 121 cm³/mol. The van der Waals surface area contributed by atoms with Crippen molar-refractivity contribution < 1.29 is 19.1 Å². The number of nitrogens with one attached hydrogen (secondary N) is 3. The van der Waals surface area contributed by atoms with Crippen molar-refractivity contribution in [2.24, 2.45) is 0 Å². The van der Waals surface area contributed by atoms with Crippen molar-refractivity contribution in [3.8, 4) is 11.3 Å². The van der Waals surface area contributed by atoms with E-state index in [1.165, 1.54) is 0 Å². The molecular formula is C23H26N4O5. The number of aromatic amines is 1. The summed E-state index contributed by atoms with van der Waals surface area (Å²) in [4.78, 5) is 35.7. The van der Waals surface area contributed by atoms with Gasteiger partial charge in [0, 0.05) is 23.2 Å². The molecule has 0 saturated heterocycles. The number of alkyl carbamates (subject to hydrolysis) is 1. The lowest BCUT2D eigenvalue weighted by molar-refractivity contribution is -0.120. The van der Waals surface area contributed by atoms with E-state index in [9.17, 15) is 14.4 Å². The highest BCUT2D eigenvalue weighted by molar-refractivity contribution is 5.96. The van der Waals surface area contributed by atoms with E-state index >= 15 is 0 Å². The Kier molecular flexibility index (Phi) is 7.21. The molecular weight excluding hydrogens is 412 g/mol. The van der Waals surface area contributed by atoms with Crippen LogP contribution in [-0.4, -0.2) is 47.6 Å². The minimum atomic E-state index is -0.573. The normalized spacial score (nSPS) is 11.2. The van der Waals surface area contributed by atoms with Gasteiger partial charge in [-0.3, -0.25) is 9.59 Å². The Morgan fingerprint density at radius 3 is 2.56 bits per heavy atom. The number of ether oxygens (including phenoxy) is 2. The van der Waals surface area contributed by atoms with Gasteiger partial charge in [0.15, 0.2) is 0 Å². The molecule has 0 atom stereocenters. The van der Waals surface area contributed by atoms with Gasteiger partial charge in [-0.1, -0.05) is 30.3 Å². The summed E-state index contributed by atoms with van der Waals surface area (Å²) in [5.74, 6) is -0.335. The molecule has 3 N–H and O–H groups in total. The molecule has 1 aromatic heterocycles. The second-order valence-electron chi connectivity index (χ2n) is 8.06. The standard InChI is InChI=1S/C23H26N4O5/c1-23(2,3)32-22(30)24-11-12-31-14-19(28)25-16-8-6-7-15(13-16)20-17-9-4-5-10-18(17)21(29)27-26-20/h4-10,13H,11-12,14H2,1-3H3,(H,24,30)(H,25,28)(H,27,29). The van der Waals surface area contributed by atoms with Crippen LogP contribution in [0.25, 0.3) is 22.0 Å². The number of hydrogen-bond donors (Lipinski definition) is 3. The maximum absolute atomic E-state index is 12.2. The number of anilines is 1. The highest BCUT2D eigenvalue weighted by atomic mass is 16.6. The van der Waals surface area contributed by atoms with Crippen molar-refractivity contribution >= 4 is 28.5 Å². The number of benzene rings is 2. The molecule has 1 heterocycles. The van der Waals surface area contributed by atoms with Crippen molar-refractivity contribution in [2.75, 3.05) is 25.1 Å². The van der Waals surface area contributed by atoms with Gasteiger partial charge in [0.05, 0.1) is 17.7 Å². The van der Waals surface area contributed by atoms with Gasteiger partial charge in [0.2, 0.25) is 5.91 Å². The van der Waals surface area contributed by atoms with E-state index in [1.54, 1.807) is 51.1 Å². The Morgan fingerprint density at radius 2 is 1.81 bits per heavy atom. The average Bonchev–Trinajstić information content (AvgIpc) is 2.73. The van der Waals surface area contributed by atoms with Crippen LogP contribution in [0.2, 0.25) is 0 Å². The second-order valence-corrected chi connectivity index (χ2v) is 8.06. The molecule has 9 heteroatoms. The van der Waals surface area contributed by atoms with Crippen LogP contribution in [0.3, 0.4) is 0 Å². The molecule has 9 nitrogen and oxygen atoms in total. The van der Waals surface area contributed by atoms with E-state index in [2.05, 4.69) is 20.8 Å². The molecule has 0 radical (unpaired) electrons. The van der Waals surface area contributed by atoms with Gasteiger partial charge in [-0.05, 0) is 39.0 Å². The monoisotopic (exact) mass is 438 g/mol. The Hall–Kier alpha value is -3.72. The smallest absolute Gasteiger partial charge is 0.407 e. The van der Waals surface area contributed by atoms with Gasteiger partial charge in [-0.25, -0.2) is 9.89 Å². The quantitative estimate of drug-likeness (QED) is 0.487. The molecule has 0 fully saturated rings. The summed E-state index contributed by atoms with van der Waals surface area (Å²) in [6.45, 7) is 5.55. The third-order valence-electron chi connectivity index (χ3n) is 4.26. The van der Waals surface area contributed by atoms with Gasteiger partial charge in [-0.15, -0.1) is 0 Å². The molecule has 0 bridgehead atoms. The summed E-state index contributed by atoms with van der Waals surface area (Å²) in [5, 5.41) is 13.3. The lowest BCUT2D eigenvalue weighted by Crippen LogP contribution is -2.34. The van der Waals surface area contributed by atoms with Crippen molar-refractivity contribution in [1.29, 1.82) is 0 Å². The summed E-state index contributed by atoms with van der Waals surface area (Å²) in [7, 11) is 0. The summed E-state index contributed by atoms with van der Waals surface area (Å²) >= 11 is 0. The number of carbonyl (C=O) groups excluding carboxylic acids is 2. The Balaban J connectivity index is 1.55. The lowest BCUT2D eigenvalue weighted by Gasteiger charge is -2.19. The van der Waals surface area contributed by atoms with Crippen molar-refractivity contribution in [1.82, 2.24) is 15.5 Å². The maximum Gasteiger partial charge on any atom is 0.407 e. The number of carbonyl (C=O) groups is 2. The molecule has 0 saturated carbocycles. The van der Waals surface area contributed by atoms with Crippen LogP contribution < -0.4 is 16.2 Å². The average molecular weight is 438 g/mol. The number of hydrogen-bond acceptors (Lipinski definition) is 6. The molecule has 0 aliphatic heterocycles. The molecule has 3 aromatic rings. The number of aromatic nitrogens is 2. The first-order valence-corrected chi connectivity index (χ1v) is 10.2. The minimum absolute atomic E-state index is 0.167. The topological polar surface area (TPSA) is 122 Å². The van der Waals surface area contributed by atoms with Gasteiger partial charge >= 0.3 is 6.09 Å². The van der Waals surface area contributed by atoms with Crippen LogP contribution in [-0.2, 0) is 14.3 Å². The first kappa shape index (κ1) is 23.0. The molecule has 0 unspecified atom stereocenters. The number of rotatable bonds is 7. The van der Waals surface area contributed by atoms with E-state index in [4.69, 9.17) is 9.47 Å². The molecule has 168 valence electrons. The van der Waals surface area contributed by atoms with E-state index < -0.39 is 11.7 Å². The maximum atomic E-state index is 12.2. The fourth-order valence-electron chi connectivity index (χ4n) is 2.98. The lowest BCUT2D eigenvalue weighted by atomic mass is 10.0. The number of fused-ring (bicyclic) bond motifs is 1. The summed E-state index contributed by atoms with van der Waals surface area (Å²) < 4.78 is 10.4. The predicted octanol–water partition coefficient (Wildman–Crippen LogP) is 3.07. The summed E-state index contributed by atoms with van der Waals surface area (Å²) in [6, 6.07) is 14.4. The Bertz CT molecular complexity index is 1170. The fourth-order valence-corrected chi connectivity index (χ4v) is 2.98. The Labute approximate surface area is 185 Å². The summed E-state index contributed by atoms with van der Waals surface area (Å²) in [6.07, 6.45) is -0.536. The van der Waals surface area contributed by atoms with Crippen LogP contribution in [0.5, 0.6) is 0 Å². The highest BCUT2D eigenvalue weighted by Crippen LogP contribution is 2.26. The molecule has 3 rings (SSSR count). The van der Waals surface area contributed by atoms with Gasteiger partial charge < -0.3 is 20.1 Å². The Morgan fingerprint density at radius 1 is 1.06 bits per heavy atom. The molecule has 2 amide bonds. The van der Waals surface area contributed by atoms with Gasteiger partial charge in [0.25, 0.3) is 5.56 Å². The largest absolute Gasteiger partial charge is 0.444 e. The van der Waals surface area contributed by atoms with Crippen molar-refractivity contribution in [3.05, 3.63) is 58.9 Å². The van der Waals surface area contributed by atoms with Crippen LogP contribution in [0.4, 0.5) is 10.5 Å². The molecule has 2 aromatic carbocycles. The van der Waals surface area contributed by atoms with E-state index in [0.29, 0.717) is 16.8 Å².